The van der Waals surface area contributed by atoms with Crippen molar-refractivity contribution >= 4 is 0 Å². The fraction of sp³-hybridized carbons (Fsp3) is 0.700. The summed E-state index contributed by atoms with van der Waals surface area (Å²) in [7, 11) is 0. The Morgan fingerprint density at radius 2 is 1.78 bits per heavy atom. The molecule has 0 saturated carbocycles. The van der Waals surface area contributed by atoms with E-state index in [2.05, 4.69) is 61.8 Å². The molecule has 1 aliphatic heterocycles. The van der Waals surface area contributed by atoms with Gasteiger partial charge in [-0.05, 0) is 29.4 Å². The number of aliphatic hydroxyl groups is 1. The molecule has 1 aliphatic rings. The van der Waals surface area contributed by atoms with E-state index in [4.69, 9.17) is 0 Å². The molecule has 3 nitrogen and oxygen atoms in total. The number of hydrogen-bond acceptors (Lipinski definition) is 3. The van der Waals surface area contributed by atoms with E-state index < -0.39 is 0 Å². The van der Waals surface area contributed by atoms with Gasteiger partial charge in [0.25, 0.3) is 0 Å². The zero-order valence-electron chi connectivity index (χ0n) is 15.3. The van der Waals surface area contributed by atoms with Gasteiger partial charge in [0.1, 0.15) is 0 Å². The number of piperazine rings is 1. The fourth-order valence-corrected chi connectivity index (χ4v) is 3.50. The van der Waals surface area contributed by atoms with E-state index in [0.717, 1.165) is 39.1 Å². The number of aliphatic hydroxyl groups excluding tert-OH is 1. The summed E-state index contributed by atoms with van der Waals surface area (Å²) in [5, 5.41) is 9.38. The maximum Gasteiger partial charge on any atom is 0.0446 e. The molecule has 1 aromatic carbocycles. The average Bonchev–Trinajstić information content (AvgIpc) is 2.50. The van der Waals surface area contributed by atoms with Crippen molar-refractivity contribution in [3.63, 3.8) is 0 Å². The molecule has 0 amide bonds. The van der Waals surface area contributed by atoms with Crippen LogP contribution in [0.2, 0.25) is 0 Å². The summed E-state index contributed by atoms with van der Waals surface area (Å²) in [6.07, 6.45) is 0.884. The maximum atomic E-state index is 9.38. The first-order valence-electron chi connectivity index (χ1n) is 9.15. The van der Waals surface area contributed by atoms with Gasteiger partial charge in [-0.15, -0.1) is 0 Å². The largest absolute Gasteiger partial charge is 0.396 e. The molecule has 1 aromatic rings. The molecule has 130 valence electrons. The monoisotopic (exact) mass is 318 g/mol. The third-order valence-corrected chi connectivity index (χ3v) is 4.80. The lowest BCUT2D eigenvalue weighted by atomic mass is 10.0. The van der Waals surface area contributed by atoms with E-state index >= 15 is 0 Å². The van der Waals surface area contributed by atoms with Gasteiger partial charge in [-0.1, -0.05) is 52.0 Å². The topological polar surface area (TPSA) is 26.7 Å². The molecule has 1 fully saturated rings. The van der Waals surface area contributed by atoms with Crippen molar-refractivity contribution in [1.29, 1.82) is 0 Å². The van der Waals surface area contributed by atoms with Crippen LogP contribution in [0.1, 0.15) is 51.2 Å². The molecular formula is C20H34N2O. The van der Waals surface area contributed by atoms with Crippen molar-refractivity contribution in [1.82, 2.24) is 9.80 Å². The fourth-order valence-electron chi connectivity index (χ4n) is 3.50. The standard InChI is InChI=1S/C20H34N2O/c1-16(2)13-22-11-10-21(15-20(22)9-12-23)14-18-5-7-19(8-6-18)17(3)4/h5-8,16-17,20,23H,9-15H2,1-4H3. The van der Waals surface area contributed by atoms with Crippen LogP contribution in [0, 0.1) is 5.92 Å². The molecule has 23 heavy (non-hydrogen) atoms. The van der Waals surface area contributed by atoms with Crippen LogP contribution in [-0.4, -0.2) is 53.7 Å². The van der Waals surface area contributed by atoms with Crippen LogP contribution in [0.15, 0.2) is 24.3 Å². The SMILES string of the molecule is CC(C)CN1CCN(Cc2ccc(C(C)C)cc2)CC1CCO. The van der Waals surface area contributed by atoms with Gasteiger partial charge in [-0.2, -0.15) is 0 Å². The van der Waals surface area contributed by atoms with Crippen LogP contribution in [0.25, 0.3) is 0 Å². The van der Waals surface area contributed by atoms with Gasteiger partial charge >= 0.3 is 0 Å². The molecule has 0 spiro atoms. The minimum absolute atomic E-state index is 0.288. The van der Waals surface area contributed by atoms with Crippen molar-refractivity contribution in [3.8, 4) is 0 Å². The molecule has 2 rings (SSSR count). The van der Waals surface area contributed by atoms with E-state index in [9.17, 15) is 5.11 Å². The Morgan fingerprint density at radius 3 is 2.35 bits per heavy atom. The Kier molecular flexibility index (Phi) is 7.07. The van der Waals surface area contributed by atoms with Crippen molar-refractivity contribution in [3.05, 3.63) is 35.4 Å². The van der Waals surface area contributed by atoms with Crippen LogP contribution in [0.4, 0.5) is 0 Å². The van der Waals surface area contributed by atoms with Gasteiger partial charge in [0.05, 0.1) is 0 Å². The highest BCUT2D eigenvalue weighted by molar-refractivity contribution is 5.24. The molecule has 3 heteroatoms. The molecule has 0 bridgehead atoms. The second kappa shape index (κ2) is 8.81. The second-order valence-corrected chi connectivity index (χ2v) is 7.69. The zero-order chi connectivity index (χ0) is 16.8. The maximum absolute atomic E-state index is 9.38. The molecule has 1 atom stereocenters. The highest BCUT2D eigenvalue weighted by Gasteiger charge is 2.26. The predicted octanol–water partition coefficient (Wildman–Crippen LogP) is 3.33. The number of nitrogens with zero attached hydrogens (tertiary/aromatic N) is 2. The Hall–Kier alpha value is -0.900. The minimum atomic E-state index is 0.288. The molecular weight excluding hydrogens is 284 g/mol. The first-order chi connectivity index (χ1) is 11.0. The summed E-state index contributed by atoms with van der Waals surface area (Å²) in [6, 6.07) is 9.57. The third kappa shape index (κ3) is 5.59. The Morgan fingerprint density at radius 1 is 1.09 bits per heavy atom. The van der Waals surface area contributed by atoms with E-state index in [1.165, 1.54) is 11.1 Å². The van der Waals surface area contributed by atoms with E-state index in [-0.39, 0.29) is 6.61 Å². The van der Waals surface area contributed by atoms with Crippen LogP contribution in [0.3, 0.4) is 0 Å². The Bertz CT molecular complexity index is 455. The van der Waals surface area contributed by atoms with E-state index in [1.54, 1.807) is 0 Å². The van der Waals surface area contributed by atoms with E-state index in [1.807, 2.05) is 0 Å². The third-order valence-electron chi connectivity index (χ3n) is 4.80. The van der Waals surface area contributed by atoms with Crippen molar-refractivity contribution < 1.29 is 5.11 Å². The van der Waals surface area contributed by atoms with Crippen LogP contribution in [-0.2, 0) is 6.54 Å². The lowest BCUT2D eigenvalue weighted by Gasteiger charge is -2.42. The van der Waals surface area contributed by atoms with Crippen molar-refractivity contribution in [2.24, 2.45) is 5.92 Å². The first kappa shape index (κ1) is 18.4. The van der Waals surface area contributed by atoms with Gasteiger partial charge < -0.3 is 5.11 Å². The minimum Gasteiger partial charge on any atom is -0.396 e. The lowest BCUT2D eigenvalue weighted by Crippen LogP contribution is -2.53. The number of rotatable bonds is 7. The van der Waals surface area contributed by atoms with Gasteiger partial charge in [0, 0.05) is 45.4 Å². The zero-order valence-corrected chi connectivity index (χ0v) is 15.3. The summed E-state index contributed by atoms with van der Waals surface area (Å²) in [5.41, 5.74) is 2.81. The highest BCUT2D eigenvalue weighted by atomic mass is 16.3. The second-order valence-electron chi connectivity index (χ2n) is 7.69. The van der Waals surface area contributed by atoms with Crippen molar-refractivity contribution in [2.45, 2.75) is 52.6 Å². The summed E-state index contributed by atoms with van der Waals surface area (Å²) in [4.78, 5) is 5.11. The first-order valence-corrected chi connectivity index (χ1v) is 9.15. The molecule has 1 saturated heterocycles. The Balaban J connectivity index is 1.93. The quantitative estimate of drug-likeness (QED) is 0.835. The predicted molar refractivity (Wildman–Crippen MR) is 97.7 cm³/mol. The van der Waals surface area contributed by atoms with Crippen molar-refractivity contribution in [2.75, 3.05) is 32.8 Å². The molecule has 1 N–H and O–H groups in total. The number of hydrogen-bond donors (Lipinski definition) is 1. The molecule has 1 heterocycles. The summed E-state index contributed by atoms with van der Waals surface area (Å²) < 4.78 is 0. The van der Waals surface area contributed by atoms with Gasteiger partial charge in [0.2, 0.25) is 0 Å². The Labute approximate surface area is 142 Å². The van der Waals surface area contributed by atoms with Crippen LogP contribution >= 0.6 is 0 Å². The van der Waals surface area contributed by atoms with Gasteiger partial charge in [-0.25, -0.2) is 0 Å². The smallest absolute Gasteiger partial charge is 0.0446 e. The number of benzene rings is 1. The van der Waals surface area contributed by atoms with Crippen LogP contribution in [0.5, 0.6) is 0 Å². The average molecular weight is 319 g/mol. The molecule has 0 aromatic heterocycles. The molecule has 0 aliphatic carbocycles. The van der Waals surface area contributed by atoms with Crippen LogP contribution < -0.4 is 0 Å². The lowest BCUT2D eigenvalue weighted by molar-refractivity contribution is 0.0477. The van der Waals surface area contributed by atoms with Gasteiger partial charge in [-0.3, -0.25) is 9.80 Å². The highest BCUT2D eigenvalue weighted by Crippen LogP contribution is 2.19. The normalized spacial score (nSPS) is 20.6. The molecule has 1 unspecified atom stereocenters. The molecule has 0 radical (unpaired) electrons. The van der Waals surface area contributed by atoms with Gasteiger partial charge in [0.15, 0.2) is 0 Å². The van der Waals surface area contributed by atoms with E-state index in [0.29, 0.717) is 17.9 Å². The summed E-state index contributed by atoms with van der Waals surface area (Å²) >= 11 is 0. The summed E-state index contributed by atoms with van der Waals surface area (Å²) in [6.45, 7) is 14.8. The summed E-state index contributed by atoms with van der Waals surface area (Å²) in [5.74, 6) is 1.28.